The number of hydrogen-bond donors (Lipinski definition) is 0. The Kier molecular flexibility index (Phi) is 3.03. The lowest BCUT2D eigenvalue weighted by Gasteiger charge is -2.14. The lowest BCUT2D eigenvalue weighted by Crippen LogP contribution is -2.29. The van der Waals surface area contributed by atoms with Crippen molar-refractivity contribution in [1.29, 1.82) is 0 Å². The zero-order chi connectivity index (χ0) is 17.7. The Hall–Kier alpha value is -3.73. The van der Waals surface area contributed by atoms with Gasteiger partial charge in [0.05, 0.1) is 27.8 Å². The molecule has 0 saturated heterocycles. The van der Waals surface area contributed by atoms with Crippen molar-refractivity contribution in [1.82, 2.24) is 9.55 Å². The first-order valence-corrected chi connectivity index (χ1v) is 8.24. The molecule has 4 aromatic rings. The van der Waals surface area contributed by atoms with Gasteiger partial charge in [-0.05, 0) is 48.5 Å². The van der Waals surface area contributed by atoms with Crippen LogP contribution in [0.25, 0.3) is 16.7 Å². The molecular formula is C21H13N3O2. The summed E-state index contributed by atoms with van der Waals surface area (Å²) in [6.07, 6.45) is 1.77. The molecule has 2 amide bonds. The molecule has 0 atom stereocenters. The van der Waals surface area contributed by atoms with E-state index >= 15 is 0 Å². The van der Waals surface area contributed by atoms with Crippen molar-refractivity contribution in [3.8, 4) is 5.69 Å². The Balaban J connectivity index is 1.53. The van der Waals surface area contributed by atoms with Gasteiger partial charge in [0.2, 0.25) is 0 Å². The Labute approximate surface area is 149 Å². The van der Waals surface area contributed by atoms with Crippen LogP contribution in [0.2, 0.25) is 0 Å². The van der Waals surface area contributed by atoms with Crippen molar-refractivity contribution in [2.24, 2.45) is 0 Å². The second kappa shape index (κ2) is 5.39. The zero-order valence-corrected chi connectivity index (χ0v) is 13.7. The summed E-state index contributed by atoms with van der Waals surface area (Å²) in [4.78, 5) is 30.8. The number of nitrogens with zero attached hydrogens (tertiary/aromatic N) is 3. The molecule has 5 heteroatoms. The molecule has 0 unspecified atom stereocenters. The van der Waals surface area contributed by atoms with Gasteiger partial charge in [0.1, 0.15) is 6.33 Å². The summed E-state index contributed by atoms with van der Waals surface area (Å²) in [6.45, 7) is 0. The van der Waals surface area contributed by atoms with Crippen molar-refractivity contribution >= 4 is 28.5 Å². The van der Waals surface area contributed by atoms with Crippen molar-refractivity contribution in [2.45, 2.75) is 0 Å². The van der Waals surface area contributed by atoms with Crippen LogP contribution in [0.4, 0.5) is 5.69 Å². The summed E-state index contributed by atoms with van der Waals surface area (Å²) in [6, 6.07) is 22.1. The molecule has 5 nitrogen and oxygen atoms in total. The highest BCUT2D eigenvalue weighted by Crippen LogP contribution is 2.29. The maximum Gasteiger partial charge on any atom is 0.266 e. The molecular weight excluding hydrogens is 326 g/mol. The monoisotopic (exact) mass is 339 g/mol. The van der Waals surface area contributed by atoms with Crippen LogP contribution in [-0.2, 0) is 0 Å². The molecule has 0 aliphatic carbocycles. The van der Waals surface area contributed by atoms with Gasteiger partial charge in [0, 0.05) is 5.69 Å². The van der Waals surface area contributed by atoms with E-state index in [0.717, 1.165) is 16.7 Å². The molecule has 2 heterocycles. The third-order valence-corrected chi connectivity index (χ3v) is 4.63. The molecule has 0 N–H and O–H groups in total. The Morgan fingerprint density at radius 2 is 1.23 bits per heavy atom. The van der Waals surface area contributed by atoms with Gasteiger partial charge in [-0.3, -0.25) is 14.2 Å². The van der Waals surface area contributed by atoms with Gasteiger partial charge in [0.25, 0.3) is 11.8 Å². The van der Waals surface area contributed by atoms with Crippen LogP contribution in [0.3, 0.4) is 0 Å². The maximum absolute atomic E-state index is 12.6. The van der Waals surface area contributed by atoms with Crippen LogP contribution in [0.15, 0.2) is 79.1 Å². The van der Waals surface area contributed by atoms with E-state index < -0.39 is 0 Å². The largest absolute Gasteiger partial charge is 0.299 e. The fraction of sp³-hybridized carbons (Fsp3) is 0. The highest BCUT2D eigenvalue weighted by atomic mass is 16.2. The normalized spacial score (nSPS) is 13.5. The number of rotatable bonds is 2. The Bertz CT molecular complexity index is 1140. The van der Waals surface area contributed by atoms with Crippen LogP contribution in [0.1, 0.15) is 20.7 Å². The van der Waals surface area contributed by atoms with Gasteiger partial charge < -0.3 is 0 Å². The summed E-state index contributed by atoms with van der Waals surface area (Å²) < 4.78 is 1.97. The van der Waals surface area contributed by atoms with Crippen molar-refractivity contribution < 1.29 is 9.59 Å². The first-order chi connectivity index (χ1) is 12.7. The minimum atomic E-state index is -0.286. The average Bonchev–Trinajstić information content (AvgIpc) is 3.22. The van der Waals surface area contributed by atoms with E-state index in [1.165, 1.54) is 4.90 Å². The molecule has 124 valence electrons. The molecule has 3 aromatic carbocycles. The van der Waals surface area contributed by atoms with E-state index in [1.807, 2.05) is 41.0 Å². The van der Waals surface area contributed by atoms with Gasteiger partial charge in [-0.1, -0.05) is 24.3 Å². The van der Waals surface area contributed by atoms with E-state index in [4.69, 9.17) is 0 Å². The molecule has 0 fully saturated rings. The number of hydrogen-bond acceptors (Lipinski definition) is 3. The van der Waals surface area contributed by atoms with Crippen LogP contribution < -0.4 is 4.90 Å². The number of para-hydroxylation sites is 2. The van der Waals surface area contributed by atoms with Crippen molar-refractivity contribution in [3.63, 3.8) is 0 Å². The summed E-state index contributed by atoms with van der Waals surface area (Å²) in [7, 11) is 0. The predicted molar refractivity (Wildman–Crippen MR) is 98.7 cm³/mol. The number of fused-ring (bicyclic) bond motifs is 2. The smallest absolute Gasteiger partial charge is 0.266 e. The van der Waals surface area contributed by atoms with E-state index in [9.17, 15) is 9.59 Å². The number of carbonyl (C=O) groups excluding carboxylic acids is 2. The summed E-state index contributed by atoms with van der Waals surface area (Å²) in [5.74, 6) is -0.571. The van der Waals surface area contributed by atoms with E-state index in [-0.39, 0.29) is 11.8 Å². The van der Waals surface area contributed by atoms with E-state index in [0.29, 0.717) is 16.8 Å². The van der Waals surface area contributed by atoms with Gasteiger partial charge in [0.15, 0.2) is 0 Å². The van der Waals surface area contributed by atoms with Crippen molar-refractivity contribution in [3.05, 3.63) is 90.3 Å². The number of imidazole rings is 1. The minimum Gasteiger partial charge on any atom is -0.299 e. The zero-order valence-electron chi connectivity index (χ0n) is 13.7. The Morgan fingerprint density at radius 1 is 0.654 bits per heavy atom. The minimum absolute atomic E-state index is 0.286. The molecule has 1 aromatic heterocycles. The van der Waals surface area contributed by atoms with Crippen LogP contribution in [-0.4, -0.2) is 21.4 Å². The van der Waals surface area contributed by atoms with E-state index in [2.05, 4.69) is 4.98 Å². The Morgan fingerprint density at radius 3 is 1.92 bits per heavy atom. The number of imide groups is 1. The number of amides is 2. The van der Waals surface area contributed by atoms with Gasteiger partial charge in [-0.2, -0.15) is 0 Å². The molecule has 0 spiro atoms. The lowest BCUT2D eigenvalue weighted by molar-refractivity contribution is 0.0926. The van der Waals surface area contributed by atoms with E-state index in [1.54, 1.807) is 42.7 Å². The average molecular weight is 339 g/mol. The molecule has 1 aliphatic heterocycles. The second-order valence-corrected chi connectivity index (χ2v) is 6.11. The van der Waals surface area contributed by atoms with Gasteiger partial charge in [-0.25, -0.2) is 9.88 Å². The number of anilines is 1. The first kappa shape index (κ1) is 14.6. The van der Waals surface area contributed by atoms with Crippen LogP contribution in [0, 0.1) is 0 Å². The molecule has 0 saturated carbocycles. The van der Waals surface area contributed by atoms with Gasteiger partial charge >= 0.3 is 0 Å². The molecule has 1 aliphatic rings. The molecule has 0 bridgehead atoms. The number of benzene rings is 3. The number of aromatic nitrogens is 2. The second-order valence-electron chi connectivity index (χ2n) is 6.11. The maximum atomic E-state index is 12.6. The summed E-state index contributed by atoms with van der Waals surface area (Å²) in [5, 5.41) is 0. The van der Waals surface area contributed by atoms with Crippen LogP contribution in [0.5, 0.6) is 0 Å². The predicted octanol–water partition coefficient (Wildman–Crippen LogP) is 3.83. The lowest BCUT2D eigenvalue weighted by atomic mass is 10.1. The topological polar surface area (TPSA) is 55.2 Å². The summed E-state index contributed by atoms with van der Waals surface area (Å²) in [5.41, 5.74) is 4.28. The van der Waals surface area contributed by atoms with Crippen molar-refractivity contribution in [2.75, 3.05) is 4.90 Å². The summed E-state index contributed by atoms with van der Waals surface area (Å²) >= 11 is 0. The third kappa shape index (κ3) is 2.01. The number of carbonyl (C=O) groups is 2. The fourth-order valence-corrected chi connectivity index (χ4v) is 3.35. The molecule has 5 rings (SSSR count). The third-order valence-electron chi connectivity index (χ3n) is 4.63. The molecule has 0 radical (unpaired) electrons. The van der Waals surface area contributed by atoms with Gasteiger partial charge in [-0.15, -0.1) is 0 Å². The highest BCUT2D eigenvalue weighted by molar-refractivity contribution is 6.34. The SMILES string of the molecule is O=C1c2ccccc2C(=O)N1c1ccc(-n2cnc3ccccc32)cc1. The quantitative estimate of drug-likeness (QED) is 0.522. The first-order valence-electron chi connectivity index (χ1n) is 8.24. The fourth-order valence-electron chi connectivity index (χ4n) is 3.35. The standard InChI is InChI=1S/C21H13N3O2/c25-20-16-5-1-2-6-17(16)21(26)24(20)15-11-9-14(10-12-15)23-13-22-18-7-3-4-8-19(18)23/h1-13H. The molecule has 26 heavy (non-hydrogen) atoms. The highest BCUT2D eigenvalue weighted by Gasteiger charge is 2.36. The van der Waals surface area contributed by atoms with Crippen LogP contribution >= 0.6 is 0 Å².